The number of allylic oxidation sites excluding steroid dienone is 2. The smallest absolute Gasteiger partial charge is 0.307 e. The monoisotopic (exact) mass is 301 g/mol. The van der Waals surface area contributed by atoms with Gasteiger partial charge in [0, 0.05) is 5.69 Å². The van der Waals surface area contributed by atoms with Crippen molar-refractivity contribution in [3.05, 3.63) is 36.4 Å². The summed E-state index contributed by atoms with van der Waals surface area (Å²) in [6, 6.07) is 7.03. The fraction of sp³-hybridized carbons (Fsp3) is 0.412. The van der Waals surface area contributed by atoms with Crippen molar-refractivity contribution in [2.24, 2.45) is 23.7 Å². The minimum Gasteiger partial charge on any atom is -0.497 e. The van der Waals surface area contributed by atoms with E-state index >= 15 is 0 Å². The number of nitrogens with one attached hydrogen (secondary N) is 1. The Kier molecular flexibility index (Phi) is 3.88. The number of aliphatic carboxylic acids is 1. The highest BCUT2D eigenvalue weighted by Crippen LogP contribution is 2.45. The number of anilines is 1. The summed E-state index contributed by atoms with van der Waals surface area (Å²) < 4.78 is 5.08. The predicted octanol–water partition coefficient (Wildman–Crippen LogP) is 2.55. The first kappa shape index (κ1) is 14.6. The molecule has 1 amide bonds. The molecule has 0 aliphatic heterocycles. The molecule has 4 atom stereocenters. The van der Waals surface area contributed by atoms with Gasteiger partial charge in [-0.15, -0.1) is 0 Å². The molecular weight excluding hydrogens is 282 g/mol. The van der Waals surface area contributed by atoms with Gasteiger partial charge in [0.2, 0.25) is 5.91 Å². The van der Waals surface area contributed by atoms with Gasteiger partial charge in [-0.25, -0.2) is 0 Å². The van der Waals surface area contributed by atoms with Crippen LogP contribution in [0.4, 0.5) is 5.69 Å². The number of benzene rings is 1. The van der Waals surface area contributed by atoms with Crippen LogP contribution in [0.2, 0.25) is 0 Å². The topological polar surface area (TPSA) is 75.6 Å². The number of hydrogen-bond donors (Lipinski definition) is 2. The Labute approximate surface area is 129 Å². The van der Waals surface area contributed by atoms with Gasteiger partial charge in [-0.05, 0) is 48.9 Å². The summed E-state index contributed by atoms with van der Waals surface area (Å²) in [5.74, 6) is -1.52. The lowest BCUT2D eigenvalue weighted by Crippen LogP contribution is -2.47. The van der Waals surface area contributed by atoms with Gasteiger partial charge in [0.25, 0.3) is 0 Å². The Morgan fingerprint density at radius 2 is 1.68 bits per heavy atom. The maximum atomic E-state index is 12.6. The van der Waals surface area contributed by atoms with Gasteiger partial charge < -0.3 is 15.2 Å². The molecule has 22 heavy (non-hydrogen) atoms. The molecule has 0 radical (unpaired) electrons. The van der Waals surface area contributed by atoms with Crippen molar-refractivity contribution in [1.82, 2.24) is 0 Å². The van der Waals surface area contributed by atoms with Crippen molar-refractivity contribution < 1.29 is 19.4 Å². The van der Waals surface area contributed by atoms with E-state index < -0.39 is 17.8 Å². The van der Waals surface area contributed by atoms with Crippen LogP contribution >= 0.6 is 0 Å². The lowest BCUT2D eigenvalue weighted by molar-refractivity contribution is -0.151. The zero-order valence-electron chi connectivity index (χ0n) is 12.4. The van der Waals surface area contributed by atoms with Gasteiger partial charge in [-0.1, -0.05) is 12.2 Å². The number of rotatable bonds is 4. The highest BCUT2D eigenvalue weighted by molar-refractivity contribution is 5.96. The van der Waals surface area contributed by atoms with Crippen LogP contribution in [0.25, 0.3) is 0 Å². The molecule has 1 fully saturated rings. The molecule has 0 saturated heterocycles. The molecular formula is C17H19NO4. The second kappa shape index (κ2) is 5.83. The average Bonchev–Trinajstić information content (AvgIpc) is 2.55. The van der Waals surface area contributed by atoms with E-state index in [4.69, 9.17) is 4.74 Å². The maximum Gasteiger partial charge on any atom is 0.307 e. The molecule has 3 aliphatic carbocycles. The van der Waals surface area contributed by atoms with Crippen LogP contribution in [0.3, 0.4) is 0 Å². The molecule has 2 bridgehead atoms. The molecule has 4 rings (SSSR count). The average molecular weight is 301 g/mol. The first-order valence-corrected chi connectivity index (χ1v) is 7.46. The highest BCUT2D eigenvalue weighted by Gasteiger charge is 2.48. The first-order chi connectivity index (χ1) is 10.6. The third-order valence-electron chi connectivity index (χ3n) is 4.69. The van der Waals surface area contributed by atoms with Crippen molar-refractivity contribution in [1.29, 1.82) is 0 Å². The summed E-state index contributed by atoms with van der Waals surface area (Å²) in [5, 5.41) is 12.3. The van der Waals surface area contributed by atoms with E-state index in [2.05, 4.69) is 5.32 Å². The van der Waals surface area contributed by atoms with Crippen molar-refractivity contribution in [2.45, 2.75) is 12.8 Å². The summed E-state index contributed by atoms with van der Waals surface area (Å²) in [6.45, 7) is 0. The number of methoxy groups -OCH3 is 1. The Bertz CT molecular complexity index is 608. The number of carboxylic acids is 1. The summed E-state index contributed by atoms with van der Waals surface area (Å²) >= 11 is 0. The molecule has 0 spiro atoms. The van der Waals surface area contributed by atoms with Crippen molar-refractivity contribution in [2.75, 3.05) is 12.4 Å². The molecule has 116 valence electrons. The van der Waals surface area contributed by atoms with E-state index in [9.17, 15) is 14.7 Å². The highest BCUT2D eigenvalue weighted by atomic mass is 16.5. The van der Waals surface area contributed by atoms with E-state index in [1.165, 1.54) is 0 Å². The Hall–Kier alpha value is -2.30. The zero-order valence-corrected chi connectivity index (χ0v) is 12.4. The van der Waals surface area contributed by atoms with E-state index in [0.717, 1.165) is 12.8 Å². The van der Waals surface area contributed by atoms with Gasteiger partial charge in [0.15, 0.2) is 0 Å². The lowest BCUT2D eigenvalue weighted by Gasteiger charge is -2.41. The van der Waals surface area contributed by atoms with Crippen LogP contribution in [0.1, 0.15) is 12.8 Å². The zero-order chi connectivity index (χ0) is 15.7. The summed E-state index contributed by atoms with van der Waals surface area (Å²) in [7, 11) is 1.58. The summed E-state index contributed by atoms with van der Waals surface area (Å²) in [5.41, 5.74) is 0.653. The second-order valence-corrected chi connectivity index (χ2v) is 5.90. The first-order valence-electron chi connectivity index (χ1n) is 7.46. The fourth-order valence-electron chi connectivity index (χ4n) is 3.59. The molecule has 1 aromatic rings. The van der Waals surface area contributed by atoms with Crippen LogP contribution in [0.15, 0.2) is 36.4 Å². The van der Waals surface area contributed by atoms with Crippen LogP contribution in [0.5, 0.6) is 5.75 Å². The van der Waals surface area contributed by atoms with Crippen LogP contribution in [-0.4, -0.2) is 24.1 Å². The molecule has 1 aromatic carbocycles. The number of carbonyl (C=O) groups is 2. The standard InChI is InChI=1S/C17H19NO4/c1-22-13-8-6-12(7-9-13)18-16(19)14-10-2-4-11(5-3-10)15(14)17(20)21/h2,4,6-11,14-15H,3,5H2,1H3,(H,18,19)(H,20,21)/t10-,11-,14-,15+/m1/s1. The minimum atomic E-state index is -0.881. The van der Waals surface area contributed by atoms with Gasteiger partial charge >= 0.3 is 5.97 Å². The fourth-order valence-corrected chi connectivity index (χ4v) is 3.59. The molecule has 0 heterocycles. The van der Waals surface area contributed by atoms with Crippen molar-refractivity contribution in [3.63, 3.8) is 0 Å². The number of hydrogen-bond acceptors (Lipinski definition) is 3. The Morgan fingerprint density at radius 1 is 1.09 bits per heavy atom. The van der Waals surface area contributed by atoms with Crippen molar-refractivity contribution in [3.8, 4) is 5.75 Å². The van der Waals surface area contributed by atoms with E-state index in [1.54, 1.807) is 31.4 Å². The third-order valence-corrected chi connectivity index (χ3v) is 4.69. The number of ether oxygens (including phenoxy) is 1. The SMILES string of the molecule is COc1ccc(NC(=O)[C@H]2[C@@H](C(=O)O)[C@@H]3C=C[C@@H]2CC3)cc1. The molecule has 0 aromatic heterocycles. The Balaban J connectivity index is 1.78. The van der Waals surface area contributed by atoms with Crippen molar-refractivity contribution >= 4 is 17.6 Å². The van der Waals surface area contributed by atoms with Crippen LogP contribution in [0, 0.1) is 23.7 Å². The van der Waals surface area contributed by atoms with Gasteiger partial charge in [-0.3, -0.25) is 9.59 Å². The van der Waals surface area contributed by atoms with Gasteiger partial charge in [0.05, 0.1) is 18.9 Å². The normalized spacial score (nSPS) is 29.1. The van der Waals surface area contributed by atoms with Gasteiger partial charge in [0.1, 0.15) is 5.75 Å². The van der Waals surface area contributed by atoms with E-state index in [1.807, 2.05) is 12.2 Å². The summed E-state index contributed by atoms with van der Waals surface area (Å²) in [6.07, 6.45) is 5.70. The molecule has 1 saturated carbocycles. The van der Waals surface area contributed by atoms with Crippen LogP contribution in [-0.2, 0) is 9.59 Å². The minimum absolute atomic E-state index is 0.0179. The van der Waals surface area contributed by atoms with Gasteiger partial charge in [-0.2, -0.15) is 0 Å². The molecule has 3 aliphatic rings. The molecule has 5 nitrogen and oxygen atoms in total. The largest absolute Gasteiger partial charge is 0.497 e. The maximum absolute atomic E-state index is 12.6. The number of carboxylic acid groups (broad SMARTS) is 1. The predicted molar refractivity (Wildman–Crippen MR) is 81.6 cm³/mol. The van der Waals surface area contributed by atoms with E-state index in [-0.39, 0.29) is 17.7 Å². The summed E-state index contributed by atoms with van der Waals surface area (Å²) in [4.78, 5) is 24.2. The third kappa shape index (κ3) is 2.58. The van der Waals surface area contributed by atoms with Crippen LogP contribution < -0.4 is 10.1 Å². The Morgan fingerprint density at radius 3 is 2.18 bits per heavy atom. The molecule has 2 N–H and O–H groups in total. The molecule has 5 heteroatoms. The number of fused-ring (bicyclic) bond motifs is 2. The quantitative estimate of drug-likeness (QED) is 0.838. The number of amides is 1. The second-order valence-electron chi connectivity index (χ2n) is 5.90. The lowest BCUT2D eigenvalue weighted by atomic mass is 9.62. The van der Waals surface area contributed by atoms with E-state index in [0.29, 0.717) is 11.4 Å². The number of carbonyl (C=O) groups excluding carboxylic acids is 1. The molecule has 0 unspecified atom stereocenters.